The van der Waals surface area contributed by atoms with Crippen LogP contribution in [-0.4, -0.2) is 33.4 Å². The van der Waals surface area contributed by atoms with Crippen molar-refractivity contribution >= 4 is 16.9 Å². The molecule has 0 saturated carbocycles. The van der Waals surface area contributed by atoms with Gasteiger partial charge in [0.25, 0.3) is 0 Å². The van der Waals surface area contributed by atoms with Gasteiger partial charge in [0.05, 0.1) is 17.4 Å². The maximum atomic E-state index is 12.3. The number of para-hydroxylation sites is 2. The van der Waals surface area contributed by atoms with Crippen molar-refractivity contribution in [2.24, 2.45) is 0 Å². The molecule has 4 nitrogen and oxygen atoms in total. The maximum absolute atomic E-state index is 12.3. The first-order valence-corrected chi connectivity index (χ1v) is 8.08. The van der Waals surface area contributed by atoms with Gasteiger partial charge >= 0.3 is 0 Å². The molecule has 0 spiro atoms. The lowest BCUT2D eigenvalue weighted by Crippen LogP contribution is -2.39. The molecule has 22 heavy (non-hydrogen) atoms. The van der Waals surface area contributed by atoms with Crippen LogP contribution in [0, 0.1) is 0 Å². The molecule has 0 bridgehead atoms. The van der Waals surface area contributed by atoms with Crippen LogP contribution in [0.15, 0.2) is 42.2 Å². The number of amides is 1. The number of imidazole rings is 1. The first kappa shape index (κ1) is 14.8. The van der Waals surface area contributed by atoms with Crippen LogP contribution in [0.4, 0.5) is 0 Å². The van der Waals surface area contributed by atoms with Crippen LogP contribution in [-0.2, 0) is 4.79 Å². The SMILES string of the molecule is CC/C=C(\C)C(=O)N1CCC(n2cnc3ccccc32)CC1. The number of benzene rings is 1. The zero-order valence-electron chi connectivity index (χ0n) is 13.3. The van der Waals surface area contributed by atoms with E-state index in [2.05, 4.69) is 28.6 Å². The molecule has 0 N–H and O–H groups in total. The predicted molar refractivity (Wildman–Crippen MR) is 88.6 cm³/mol. The van der Waals surface area contributed by atoms with Gasteiger partial charge in [-0.1, -0.05) is 25.1 Å². The third-order valence-electron chi connectivity index (χ3n) is 4.47. The highest BCUT2D eigenvalue weighted by atomic mass is 16.2. The second-order valence-corrected chi connectivity index (χ2v) is 5.96. The van der Waals surface area contributed by atoms with Crippen molar-refractivity contribution in [1.29, 1.82) is 0 Å². The fourth-order valence-corrected chi connectivity index (χ4v) is 3.26. The van der Waals surface area contributed by atoms with Crippen LogP contribution in [0.25, 0.3) is 11.0 Å². The molecule has 0 aliphatic carbocycles. The summed E-state index contributed by atoms with van der Waals surface area (Å²) in [5.41, 5.74) is 3.10. The average Bonchev–Trinajstić information content (AvgIpc) is 2.98. The molecule has 1 fully saturated rings. The molecule has 116 valence electrons. The van der Waals surface area contributed by atoms with E-state index in [4.69, 9.17) is 0 Å². The Hall–Kier alpha value is -2.10. The molecule has 0 unspecified atom stereocenters. The zero-order valence-corrected chi connectivity index (χ0v) is 13.3. The molecule has 1 aliphatic rings. The van der Waals surface area contributed by atoms with Gasteiger partial charge < -0.3 is 9.47 Å². The molecule has 3 rings (SSSR count). The van der Waals surface area contributed by atoms with Gasteiger partial charge in [0, 0.05) is 24.7 Å². The van der Waals surface area contributed by atoms with E-state index < -0.39 is 0 Å². The van der Waals surface area contributed by atoms with Crippen molar-refractivity contribution in [3.63, 3.8) is 0 Å². The van der Waals surface area contributed by atoms with Crippen molar-refractivity contribution in [2.75, 3.05) is 13.1 Å². The average molecular weight is 297 g/mol. The van der Waals surface area contributed by atoms with E-state index in [0.717, 1.165) is 43.4 Å². The molecule has 1 aromatic heterocycles. The van der Waals surface area contributed by atoms with E-state index >= 15 is 0 Å². The third kappa shape index (κ3) is 2.78. The van der Waals surface area contributed by atoms with E-state index in [0.29, 0.717) is 6.04 Å². The number of piperidine rings is 1. The number of fused-ring (bicyclic) bond motifs is 1. The number of nitrogens with zero attached hydrogens (tertiary/aromatic N) is 3. The van der Waals surface area contributed by atoms with Gasteiger partial charge in [0.15, 0.2) is 0 Å². The summed E-state index contributed by atoms with van der Waals surface area (Å²) in [6.07, 6.45) is 6.85. The minimum absolute atomic E-state index is 0.191. The van der Waals surface area contributed by atoms with E-state index in [1.54, 1.807) is 0 Å². The molecule has 1 amide bonds. The normalized spacial score (nSPS) is 17.2. The van der Waals surface area contributed by atoms with E-state index in [1.807, 2.05) is 36.4 Å². The second kappa shape index (κ2) is 6.34. The monoisotopic (exact) mass is 297 g/mol. The Morgan fingerprint density at radius 1 is 1.32 bits per heavy atom. The van der Waals surface area contributed by atoms with Crippen molar-refractivity contribution < 1.29 is 4.79 Å². The fraction of sp³-hybridized carbons (Fsp3) is 0.444. The molecule has 2 aromatic rings. The Morgan fingerprint density at radius 3 is 2.77 bits per heavy atom. The number of rotatable bonds is 3. The number of likely N-dealkylation sites (tertiary alicyclic amines) is 1. The minimum Gasteiger partial charge on any atom is -0.339 e. The van der Waals surface area contributed by atoms with Crippen molar-refractivity contribution in [3.8, 4) is 0 Å². The summed E-state index contributed by atoms with van der Waals surface area (Å²) in [7, 11) is 0. The number of hydrogen-bond donors (Lipinski definition) is 0. The molecular weight excluding hydrogens is 274 g/mol. The van der Waals surface area contributed by atoms with Crippen LogP contribution in [0.5, 0.6) is 0 Å². The van der Waals surface area contributed by atoms with Gasteiger partial charge in [-0.15, -0.1) is 0 Å². The van der Waals surface area contributed by atoms with Crippen molar-refractivity contribution in [3.05, 3.63) is 42.2 Å². The van der Waals surface area contributed by atoms with Gasteiger partial charge in [-0.05, 0) is 38.3 Å². The van der Waals surface area contributed by atoms with Crippen molar-refractivity contribution in [2.45, 2.75) is 39.2 Å². The van der Waals surface area contributed by atoms with E-state index in [1.165, 1.54) is 5.52 Å². The van der Waals surface area contributed by atoms with Crippen LogP contribution < -0.4 is 0 Å². The Balaban J connectivity index is 1.69. The van der Waals surface area contributed by atoms with E-state index in [9.17, 15) is 4.79 Å². The molecule has 4 heteroatoms. The minimum atomic E-state index is 0.191. The van der Waals surface area contributed by atoms with Crippen LogP contribution in [0.2, 0.25) is 0 Å². The molecular formula is C18H23N3O. The Labute approximate surface area is 131 Å². The lowest BCUT2D eigenvalue weighted by atomic mass is 10.0. The molecule has 1 saturated heterocycles. The van der Waals surface area contributed by atoms with Gasteiger partial charge in [-0.2, -0.15) is 0 Å². The Bertz CT molecular complexity index is 693. The Morgan fingerprint density at radius 2 is 2.05 bits per heavy atom. The lowest BCUT2D eigenvalue weighted by Gasteiger charge is -2.33. The van der Waals surface area contributed by atoms with Crippen LogP contribution in [0.1, 0.15) is 39.2 Å². The maximum Gasteiger partial charge on any atom is 0.249 e. The summed E-state index contributed by atoms with van der Waals surface area (Å²) in [4.78, 5) is 18.8. The van der Waals surface area contributed by atoms with Crippen molar-refractivity contribution in [1.82, 2.24) is 14.5 Å². The molecule has 1 aliphatic heterocycles. The zero-order chi connectivity index (χ0) is 15.5. The molecule has 2 heterocycles. The molecule has 0 atom stereocenters. The summed E-state index contributed by atoms with van der Waals surface area (Å²) in [6.45, 7) is 5.63. The van der Waals surface area contributed by atoms with Gasteiger partial charge in [-0.3, -0.25) is 4.79 Å². The molecule has 1 aromatic carbocycles. The number of aromatic nitrogens is 2. The van der Waals surface area contributed by atoms with Gasteiger partial charge in [0.1, 0.15) is 0 Å². The highest BCUT2D eigenvalue weighted by molar-refractivity contribution is 5.92. The van der Waals surface area contributed by atoms with Gasteiger partial charge in [0.2, 0.25) is 5.91 Å². The summed E-state index contributed by atoms with van der Waals surface area (Å²) >= 11 is 0. The highest BCUT2D eigenvalue weighted by Gasteiger charge is 2.25. The third-order valence-corrected chi connectivity index (χ3v) is 4.47. The predicted octanol–water partition coefficient (Wildman–Crippen LogP) is 3.56. The summed E-state index contributed by atoms with van der Waals surface area (Å²) in [5.74, 6) is 0.191. The smallest absolute Gasteiger partial charge is 0.249 e. The summed E-state index contributed by atoms with van der Waals surface area (Å²) < 4.78 is 2.27. The van der Waals surface area contributed by atoms with Crippen LogP contribution in [0.3, 0.4) is 0 Å². The quantitative estimate of drug-likeness (QED) is 0.813. The fourth-order valence-electron chi connectivity index (χ4n) is 3.26. The van der Waals surface area contributed by atoms with Crippen LogP contribution >= 0.6 is 0 Å². The second-order valence-electron chi connectivity index (χ2n) is 5.96. The van der Waals surface area contributed by atoms with E-state index in [-0.39, 0.29) is 5.91 Å². The molecule has 0 radical (unpaired) electrons. The summed E-state index contributed by atoms with van der Waals surface area (Å²) in [6, 6.07) is 8.67. The topological polar surface area (TPSA) is 38.1 Å². The standard InChI is InChI=1S/C18H23N3O/c1-3-6-14(2)18(22)20-11-9-15(10-12-20)21-13-19-16-7-4-5-8-17(16)21/h4-8,13,15H,3,9-12H2,1-2H3/b14-6+. The number of allylic oxidation sites excluding steroid dienone is 1. The number of hydrogen-bond acceptors (Lipinski definition) is 2. The summed E-state index contributed by atoms with van der Waals surface area (Å²) in [5, 5.41) is 0. The number of carbonyl (C=O) groups is 1. The first-order chi connectivity index (χ1) is 10.7. The highest BCUT2D eigenvalue weighted by Crippen LogP contribution is 2.27. The lowest BCUT2D eigenvalue weighted by molar-refractivity contribution is -0.128. The largest absolute Gasteiger partial charge is 0.339 e. The Kier molecular flexibility index (Phi) is 4.27. The van der Waals surface area contributed by atoms with Gasteiger partial charge in [-0.25, -0.2) is 4.98 Å². The number of carbonyl (C=O) groups excluding carboxylic acids is 1. The first-order valence-electron chi connectivity index (χ1n) is 8.08.